The van der Waals surface area contributed by atoms with Crippen LogP contribution in [0.15, 0.2) is 0 Å². The highest BCUT2D eigenvalue weighted by molar-refractivity contribution is 5.86. The quantitative estimate of drug-likeness (QED) is 0.690. The number of amides is 2. The topological polar surface area (TPSA) is 102 Å². The number of esters is 2. The van der Waals surface area contributed by atoms with Gasteiger partial charge in [0.2, 0.25) is 5.91 Å². The van der Waals surface area contributed by atoms with Gasteiger partial charge >= 0.3 is 11.9 Å². The van der Waals surface area contributed by atoms with Gasteiger partial charge in [0.15, 0.2) is 6.61 Å². The first-order chi connectivity index (χ1) is 12.4. The highest BCUT2D eigenvalue weighted by Crippen LogP contribution is 2.28. The fourth-order valence-corrected chi connectivity index (χ4v) is 3.72. The van der Waals surface area contributed by atoms with Crippen molar-refractivity contribution in [1.82, 2.24) is 10.2 Å². The molecular weight excluding hydrogens is 340 g/mol. The molecular formula is C18H28N2O6. The molecule has 2 fully saturated rings. The van der Waals surface area contributed by atoms with Crippen LogP contribution < -0.4 is 5.32 Å². The molecule has 1 N–H and O–H groups in total. The molecule has 1 aliphatic heterocycles. The minimum absolute atomic E-state index is 0.0669. The Hall–Kier alpha value is -2.12. The van der Waals surface area contributed by atoms with E-state index in [1.54, 1.807) is 4.90 Å². The summed E-state index contributed by atoms with van der Waals surface area (Å²) < 4.78 is 9.92. The smallest absolute Gasteiger partial charge is 0.329 e. The van der Waals surface area contributed by atoms with Gasteiger partial charge in [-0.2, -0.15) is 0 Å². The first-order valence-electron chi connectivity index (χ1n) is 9.21. The summed E-state index contributed by atoms with van der Waals surface area (Å²) in [5.74, 6) is -1.48. The summed E-state index contributed by atoms with van der Waals surface area (Å²) in [5, 5.41) is 2.66. The average Bonchev–Trinajstić information content (AvgIpc) is 3.17. The van der Waals surface area contributed by atoms with E-state index in [-0.39, 0.29) is 36.2 Å². The molecule has 0 aromatic carbocycles. The number of nitrogens with zero attached hydrogens (tertiary/aromatic N) is 1. The first kappa shape index (κ1) is 20.2. The van der Waals surface area contributed by atoms with Gasteiger partial charge in [-0.1, -0.05) is 12.8 Å². The number of likely N-dealkylation sites (tertiary alicyclic amines) is 1. The summed E-state index contributed by atoms with van der Waals surface area (Å²) in [7, 11) is 1.36. The molecule has 0 radical (unpaired) electrons. The molecule has 8 heteroatoms. The second-order valence-corrected chi connectivity index (χ2v) is 7.01. The zero-order valence-corrected chi connectivity index (χ0v) is 15.5. The molecule has 26 heavy (non-hydrogen) atoms. The van der Waals surface area contributed by atoms with E-state index in [9.17, 15) is 19.2 Å². The molecule has 0 spiro atoms. The monoisotopic (exact) mass is 368 g/mol. The van der Waals surface area contributed by atoms with Crippen LogP contribution in [0.4, 0.5) is 0 Å². The maximum atomic E-state index is 12.4. The lowest BCUT2D eigenvalue weighted by Gasteiger charge is -2.30. The van der Waals surface area contributed by atoms with Crippen LogP contribution in [0.2, 0.25) is 0 Å². The van der Waals surface area contributed by atoms with Gasteiger partial charge in [-0.05, 0) is 31.6 Å². The van der Waals surface area contributed by atoms with E-state index in [0.29, 0.717) is 25.9 Å². The summed E-state index contributed by atoms with van der Waals surface area (Å²) in [6.45, 7) is 1.90. The van der Waals surface area contributed by atoms with Crippen LogP contribution in [-0.2, 0) is 28.7 Å². The minimum Gasteiger partial charge on any atom is -0.469 e. The summed E-state index contributed by atoms with van der Waals surface area (Å²) in [6, 6.07) is -0.687. The summed E-state index contributed by atoms with van der Waals surface area (Å²) in [4.78, 5) is 49.1. The molecule has 1 atom stereocenters. The Labute approximate surface area is 153 Å². The Morgan fingerprint density at radius 3 is 2.23 bits per heavy atom. The average molecular weight is 368 g/mol. The zero-order valence-electron chi connectivity index (χ0n) is 15.5. The van der Waals surface area contributed by atoms with Crippen LogP contribution in [0.25, 0.3) is 0 Å². The van der Waals surface area contributed by atoms with E-state index in [0.717, 1.165) is 25.7 Å². The highest BCUT2D eigenvalue weighted by atomic mass is 16.5. The Morgan fingerprint density at radius 2 is 1.69 bits per heavy atom. The van der Waals surface area contributed by atoms with E-state index >= 15 is 0 Å². The molecule has 1 saturated carbocycles. The molecule has 1 heterocycles. The third kappa shape index (κ3) is 5.44. The molecule has 1 saturated heterocycles. The van der Waals surface area contributed by atoms with Gasteiger partial charge in [0.05, 0.1) is 13.0 Å². The molecule has 8 nitrogen and oxygen atoms in total. The second-order valence-electron chi connectivity index (χ2n) is 7.01. The Bertz CT molecular complexity index is 536. The zero-order chi connectivity index (χ0) is 19.1. The second kappa shape index (κ2) is 9.54. The molecule has 0 aromatic rings. The fraction of sp³-hybridized carbons (Fsp3) is 0.778. The number of hydrogen-bond acceptors (Lipinski definition) is 6. The standard InChI is InChI=1S/C18H28N2O6/c1-12(21)19-16(13-5-3-4-6-13)18(24)26-11-15(22)20-9-7-14(8-10-20)17(23)25-2/h13-14,16H,3-11H2,1-2H3,(H,19,21). The predicted octanol–water partition coefficient (Wildman–Crippen LogP) is 0.636. The van der Waals surface area contributed by atoms with Crippen molar-refractivity contribution in [2.45, 2.75) is 51.5 Å². The summed E-state index contributed by atoms with van der Waals surface area (Å²) in [5.41, 5.74) is 0. The van der Waals surface area contributed by atoms with Crippen molar-refractivity contribution < 1.29 is 28.7 Å². The van der Waals surface area contributed by atoms with Crippen molar-refractivity contribution in [1.29, 1.82) is 0 Å². The molecule has 2 aliphatic rings. The number of carbonyl (C=O) groups excluding carboxylic acids is 4. The normalized spacial score (nSPS) is 19.7. The largest absolute Gasteiger partial charge is 0.469 e. The molecule has 2 amide bonds. The number of methoxy groups -OCH3 is 1. The molecule has 1 aliphatic carbocycles. The fourth-order valence-electron chi connectivity index (χ4n) is 3.72. The number of ether oxygens (including phenoxy) is 2. The van der Waals surface area contributed by atoms with Crippen molar-refractivity contribution in [3.63, 3.8) is 0 Å². The van der Waals surface area contributed by atoms with Crippen LogP contribution >= 0.6 is 0 Å². The number of piperidine rings is 1. The molecule has 2 rings (SSSR count). The van der Waals surface area contributed by atoms with Crippen molar-refractivity contribution in [2.24, 2.45) is 11.8 Å². The minimum atomic E-state index is -0.687. The van der Waals surface area contributed by atoms with Crippen LogP contribution in [0.1, 0.15) is 45.4 Å². The predicted molar refractivity (Wildman–Crippen MR) is 91.8 cm³/mol. The van der Waals surface area contributed by atoms with E-state index in [2.05, 4.69) is 5.32 Å². The van der Waals surface area contributed by atoms with Crippen LogP contribution in [0.3, 0.4) is 0 Å². The maximum Gasteiger partial charge on any atom is 0.329 e. The molecule has 146 valence electrons. The Balaban J connectivity index is 1.80. The van der Waals surface area contributed by atoms with Crippen LogP contribution in [0, 0.1) is 11.8 Å². The molecule has 0 bridgehead atoms. The highest BCUT2D eigenvalue weighted by Gasteiger charge is 2.33. The molecule has 0 aromatic heterocycles. The lowest BCUT2D eigenvalue weighted by atomic mass is 9.97. The SMILES string of the molecule is COC(=O)C1CCN(C(=O)COC(=O)C(NC(C)=O)C2CCCC2)CC1. The van der Waals surface area contributed by atoms with Gasteiger partial charge in [-0.3, -0.25) is 14.4 Å². The first-order valence-corrected chi connectivity index (χ1v) is 9.21. The van der Waals surface area contributed by atoms with E-state index in [1.807, 2.05) is 0 Å². The summed E-state index contributed by atoms with van der Waals surface area (Å²) in [6.07, 6.45) is 4.89. The van der Waals surface area contributed by atoms with Gasteiger partial charge in [0.1, 0.15) is 6.04 Å². The lowest BCUT2D eigenvalue weighted by molar-refractivity contribution is -0.157. The third-order valence-electron chi connectivity index (χ3n) is 5.20. The van der Waals surface area contributed by atoms with Gasteiger partial charge < -0.3 is 19.7 Å². The van der Waals surface area contributed by atoms with Gasteiger partial charge in [-0.15, -0.1) is 0 Å². The summed E-state index contributed by atoms with van der Waals surface area (Å²) >= 11 is 0. The van der Waals surface area contributed by atoms with Gasteiger partial charge in [0, 0.05) is 20.0 Å². The maximum absolute atomic E-state index is 12.4. The van der Waals surface area contributed by atoms with Crippen molar-refractivity contribution in [3.8, 4) is 0 Å². The van der Waals surface area contributed by atoms with Crippen molar-refractivity contribution in [2.75, 3.05) is 26.8 Å². The number of hydrogen-bond donors (Lipinski definition) is 1. The van der Waals surface area contributed by atoms with Crippen molar-refractivity contribution >= 4 is 23.8 Å². The third-order valence-corrected chi connectivity index (χ3v) is 5.20. The lowest BCUT2D eigenvalue weighted by Crippen LogP contribution is -2.47. The van der Waals surface area contributed by atoms with Gasteiger partial charge in [-0.25, -0.2) is 4.79 Å². The number of rotatable bonds is 6. The van der Waals surface area contributed by atoms with Gasteiger partial charge in [0.25, 0.3) is 5.91 Å². The van der Waals surface area contributed by atoms with Crippen molar-refractivity contribution in [3.05, 3.63) is 0 Å². The van der Waals surface area contributed by atoms with Crippen LogP contribution in [0.5, 0.6) is 0 Å². The Kier molecular flexibility index (Phi) is 7.41. The van der Waals surface area contributed by atoms with E-state index < -0.39 is 12.0 Å². The number of carbonyl (C=O) groups is 4. The van der Waals surface area contributed by atoms with E-state index in [4.69, 9.17) is 9.47 Å². The van der Waals surface area contributed by atoms with Crippen LogP contribution in [-0.4, -0.2) is 61.5 Å². The Morgan fingerprint density at radius 1 is 1.08 bits per heavy atom. The number of nitrogens with one attached hydrogen (secondary N) is 1. The molecule has 1 unspecified atom stereocenters. The van der Waals surface area contributed by atoms with E-state index in [1.165, 1.54) is 14.0 Å².